The van der Waals surface area contributed by atoms with Crippen molar-refractivity contribution in [3.8, 4) is 0 Å². The number of hydrogen-bond acceptors (Lipinski definition) is 3. The molecule has 2 aliphatic heterocycles. The number of ether oxygens (including phenoxy) is 1. The quantitative estimate of drug-likeness (QED) is 0.868. The Morgan fingerprint density at radius 1 is 1.19 bits per heavy atom. The van der Waals surface area contributed by atoms with Crippen molar-refractivity contribution in [3.05, 3.63) is 0 Å². The molecule has 1 atom stereocenters. The molecule has 0 radical (unpaired) electrons. The van der Waals surface area contributed by atoms with Gasteiger partial charge in [-0.25, -0.2) is 0 Å². The summed E-state index contributed by atoms with van der Waals surface area (Å²) in [5.74, 6) is 1.05. The van der Waals surface area contributed by atoms with Crippen molar-refractivity contribution in [3.63, 3.8) is 0 Å². The third-order valence-corrected chi connectivity index (χ3v) is 5.65. The molecule has 0 bridgehead atoms. The lowest BCUT2D eigenvalue weighted by Crippen LogP contribution is -2.41. The number of carbonyl (C=O) groups excluding carboxylic acids is 1. The van der Waals surface area contributed by atoms with E-state index < -0.39 is 0 Å². The van der Waals surface area contributed by atoms with E-state index in [1.54, 1.807) is 0 Å². The fourth-order valence-corrected chi connectivity index (χ4v) is 4.37. The first-order valence-electron chi connectivity index (χ1n) is 8.36. The highest BCUT2D eigenvalue weighted by atomic mass is 35.5. The molecule has 122 valence electrons. The molecule has 0 aromatic rings. The second-order valence-electron chi connectivity index (χ2n) is 6.78. The summed E-state index contributed by atoms with van der Waals surface area (Å²) in [6, 6.07) is 0. The lowest BCUT2D eigenvalue weighted by atomic mass is 9.66. The molecule has 2 heterocycles. The Balaban J connectivity index is 0.00000161. The highest BCUT2D eigenvalue weighted by Gasteiger charge is 2.43. The molecule has 1 amide bonds. The molecule has 1 unspecified atom stereocenters. The monoisotopic (exact) mass is 316 g/mol. The molecule has 3 fully saturated rings. The molecule has 0 aromatic heterocycles. The van der Waals surface area contributed by atoms with Gasteiger partial charge in [-0.3, -0.25) is 4.79 Å². The Morgan fingerprint density at radius 2 is 1.90 bits per heavy atom. The molecule has 2 saturated heterocycles. The maximum absolute atomic E-state index is 12.3. The number of nitrogens with zero attached hydrogens (tertiary/aromatic N) is 1. The van der Waals surface area contributed by atoms with Crippen LogP contribution in [0.1, 0.15) is 44.9 Å². The third kappa shape index (κ3) is 3.91. The van der Waals surface area contributed by atoms with Gasteiger partial charge in [0.2, 0.25) is 5.91 Å². The first-order valence-corrected chi connectivity index (χ1v) is 8.36. The second kappa shape index (κ2) is 7.80. The van der Waals surface area contributed by atoms with Gasteiger partial charge in [0.25, 0.3) is 0 Å². The van der Waals surface area contributed by atoms with Crippen LogP contribution in [0.5, 0.6) is 0 Å². The van der Waals surface area contributed by atoms with Crippen molar-refractivity contribution < 1.29 is 9.53 Å². The summed E-state index contributed by atoms with van der Waals surface area (Å²) in [5, 5.41) is 3.59. The summed E-state index contributed by atoms with van der Waals surface area (Å²) in [5.41, 5.74) is 0.517. The zero-order valence-corrected chi connectivity index (χ0v) is 13.8. The minimum absolute atomic E-state index is 0. The Kier molecular flexibility index (Phi) is 6.33. The maximum atomic E-state index is 12.3. The number of hydrogen-bond donors (Lipinski definition) is 1. The molecule has 21 heavy (non-hydrogen) atoms. The van der Waals surface area contributed by atoms with Gasteiger partial charge in [0, 0.05) is 26.1 Å². The highest BCUT2D eigenvalue weighted by molar-refractivity contribution is 5.85. The standard InChI is InChI=1S/C16H28N2O2.ClH/c19-15(18-8-10-20-11-9-18)5-4-14-12-17-13-16(14)6-2-1-3-7-16;/h14,17H,1-13H2;1H. The predicted molar refractivity (Wildman–Crippen MR) is 85.8 cm³/mol. The van der Waals surface area contributed by atoms with Crippen LogP contribution in [-0.2, 0) is 9.53 Å². The average Bonchev–Trinajstić information content (AvgIpc) is 2.88. The minimum Gasteiger partial charge on any atom is -0.378 e. The van der Waals surface area contributed by atoms with Gasteiger partial charge in [0.1, 0.15) is 0 Å². The van der Waals surface area contributed by atoms with Gasteiger partial charge in [-0.15, -0.1) is 12.4 Å². The average molecular weight is 317 g/mol. The van der Waals surface area contributed by atoms with E-state index in [1.807, 2.05) is 4.90 Å². The van der Waals surface area contributed by atoms with Crippen molar-refractivity contribution in [2.75, 3.05) is 39.4 Å². The van der Waals surface area contributed by atoms with E-state index >= 15 is 0 Å². The second-order valence-corrected chi connectivity index (χ2v) is 6.78. The van der Waals surface area contributed by atoms with Crippen LogP contribution in [0.2, 0.25) is 0 Å². The molecular formula is C16H29ClN2O2. The highest BCUT2D eigenvalue weighted by Crippen LogP contribution is 2.46. The third-order valence-electron chi connectivity index (χ3n) is 5.65. The summed E-state index contributed by atoms with van der Waals surface area (Å²) >= 11 is 0. The topological polar surface area (TPSA) is 41.6 Å². The van der Waals surface area contributed by atoms with Gasteiger partial charge in [-0.1, -0.05) is 19.3 Å². The van der Waals surface area contributed by atoms with Crippen molar-refractivity contribution >= 4 is 18.3 Å². The molecule has 3 rings (SSSR count). The molecular weight excluding hydrogens is 288 g/mol. The van der Waals surface area contributed by atoms with Gasteiger partial charge in [-0.2, -0.15) is 0 Å². The van der Waals surface area contributed by atoms with Crippen LogP contribution in [0.25, 0.3) is 0 Å². The molecule has 1 spiro atoms. The van der Waals surface area contributed by atoms with Crippen LogP contribution >= 0.6 is 12.4 Å². The molecule has 0 aromatic carbocycles. The van der Waals surface area contributed by atoms with Crippen LogP contribution in [0, 0.1) is 11.3 Å². The predicted octanol–water partition coefficient (Wildman–Crippen LogP) is 2.22. The van der Waals surface area contributed by atoms with Gasteiger partial charge >= 0.3 is 0 Å². The van der Waals surface area contributed by atoms with Crippen LogP contribution in [0.3, 0.4) is 0 Å². The molecule has 1 N–H and O–H groups in total. The Morgan fingerprint density at radius 3 is 2.62 bits per heavy atom. The zero-order chi connectivity index (χ0) is 13.8. The largest absolute Gasteiger partial charge is 0.378 e. The van der Waals surface area contributed by atoms with E-state index in [2.05, 4.69) is 5.32 Å². The van der Waals surface area contributed by atoms with Crippen LogP contribution in [-0.4, -0.2) is 50.2 Å². The number of halogens is 1. The van der Waals surface area contributed by atoms with E-state index in [0.29, 0.717) is 30.5 Å². The molecule has 4 nitrogen and oxygen atoms in total. The van der Waals surface area contributed by atoms with Crippen molar-refractivity contribution in [2.45, 2.75) is 44.9 Å². The number of amides is 1. The Labute approximate surface area is 134 Å². The normalized spacial score (nSPS) is 28.4. The Hall–Kier alpha value is -0.320. The van der Waals surface area contributed by atoms with Gasteiger partial charge < -0.3 is 15.0 Å². The molecule has 5 heteroatoms. The van der Waals surface area contributed by atoms with Crippen LogP contribution < -0.4 is 5.32 Å². The van der Waals surface area contributed by atoms with Crippen LogP contribution in [0.15, 0.2) is 0 Å². The van der Waals surface area contributed by atoms with Crippen molar-refractivity contribution in [1.29, 1.82) is 0 Å². The van der Waals surface area contributed by atoms with E-state index in [4.69, 9.17) is 4.74 Å². The number of rotatable bonds is 3. The molecule has 1 saturated carbocycles. The van der Waals surface area contributed by atoms with E-state index in [1.165, 1.54) is 38.6 Å². The first kappa shape index (κ1) is 17.0. The van der Waals surface area contributed by atoms with Crippen LogP contribution in [0.4, 0.5) is 0 Å². The molecule has 1 aliphatic carbocycles. The number of carbonyl (C=O) groups is 1. The minimum atomic E-state index is 0. The van der Waals surface area contributed by atoms with E-state index in [0.717, 1.165) is 32.5 Å². The smallest absolute Gasteiger partial charge is 0.222 e. The zero-order valence-electron chi connectivity index (χ0n) is 12.9. The number of morpholine rings is 1. The molecule has 3 aliphatic rings. The Bertz CT molecular complexity index is 339. The van der Waals surface area contributed by atoms with Crippen molar-refractivity contribution in [1.82, 2.24) is 10.2 Å². The lowest BCUT2D eigenvalue weighted by Gasteiger charge is -2.38. The lowest BCUT2D eigenvalue weighted by molar-refractivity contribution is -0.135. The maximum Gasteiger partial charge on any atom is 0.222 e. The van der Waals surface area contributed by atoms with Gasteiger partial charge in [0.15, 0.2) is 0 Å². The summed E-state index contributed by atoms with van der Waals surface area (Å²) in [4.78, 5) is 14.3. The van der Waals surface area contributed by atoms with Crippen molar-refractivity contribution in [2.24, 2.45) is 11.3 Å². The summed E-state index contributed by atoms with van der Waals surface area (Å²) in [7, 11) is 0. The van der Waals surface area contributed by atoms with E-state index in [9.17, 15) is 4.79 Å². The van der Waals surface area contributed by atoms with E-state index in [-0.39, 0.29) is 12.4 Å². The summed E-state index contributed by atoms with van der Waals surface area (Å²) in [6.07, 6.45) is 8.72. The fourth-order valence-electron chi connectivity index (χ4n) is 4.37. The van der Waals surface area contributed by atoms with Gasteiger partial charge in [0.05, 0.1) is 13.2 Å². The number of nitrogens with one attached hydrogen (secondary N) is 1. The first-order chi connectivity index (χ1) is 9.80. The van der Waals surface area contributed by atoms with Gasteiger partial charge in [-0.05, 0) is 37.1 Å². The fraction of sp³-hybridized carbons (Fsp3) is 0.938. The summed E-state index contributed by atoms with van der Waals surface area (Å²) < 4.78 is 5.31. The SMILES string of the molecule is Cl.O=C(CCC1CNCC12CCCCC2)N1CCOCC1. The summed E-state index contributed by atoms with van der Waals surface area (Å²) in [6.45, 7) is 5.29.